The first-order valence-electron chi connectivity index (χ1n) is 6.61. The summed E-state index contributed by atoms with van der Waals surface area (Å²) in [6, 6.07) is 13.3. The fourth-order valence-electron chi connectivity index (χ4n) is 2.14. The lowest BCUT2D eigenvalue weighted by Crippen LogP contribution is -2.12. The normalized spacial score (nSPS) is 10.6. The van der Waals surface area contributed by atoms with Crippen LogP contribution in [0.15, 0.2) is 47.4 Å². The molecule has 0 atom stereocenters. The van der Waals surface area contributed by atoms with Crippen molar-refractivity contribution in [3.8, 4) is 5.75 Å². The van der Waals surface area contributed by atoms with Crippen molar-refractivity contribution in [1.29, 1.82) is 0 Å². The lowest BCUT2D eigenvalue weighted by Gasteiger charge is -2.05. The Bertz CT molecular complexity index is 830. The van der Waals surface area contributed by atoms with Gasteiger partial charge in [-0.3, -0.25) is 10.1 Å². The zero-order chi connectivity index (χ0) is 15.5. The Morgan fingerprint density at radius 2 is 2.05 bits per heavy atom. The Hall–Kier alpha value is -2.05. The molecule has 1 heterocycles. The number of hydrogen-bond donors (Lipinski definition) is 1. The van der Waals surface area contributed by atoms with Crippen LogP contribution in [0.3, 0.4) is 0 Å². The highest BCUT2D eigenvalue weighted by Crippen LogP contribution is 2.32. The first-order valence-corrected chi connectivity index (χ1v) is 8.65. The molecule has 1 aromatic heterocycles. The number of para-hydroxylation sites is 1. The molecule has 0 bridgehead atoms. The van der Waals surface area contributed by atoms with Gasteiger partial charge in [0.15, 0.2) is 5.13 Å². The third-order valence-electron chi connectivity index (χ3n) is 3.17. The van der Waals surface area contributed by atoms with Crippen molar-refractivity contribution in [2.75, 3.05) is 18.7 Å². The number of carbonyl (C=O) groups excluding carboxylic acids is 1. The molecule has 4 nitrogen and oxygen atoms in total. The maximum Gasteiger partial charge on any atom is 0.258 e. The third kappa shape index (κ3) is 2.80. The van der Waals surface area contributed by atoms with Crippen LogP contribution in [0.4, 0.5) is 5.13 Å². The molecule has 0 fully saturated rings. The molecule has 0 radical (unpaired) electrons. The van der Waals surface area contributed by atoms with E-state index >= 15 is 0 Å². The van der Waals surface area contributed by atoms with Crippen molar-refractivity contribution in [3.05, 3.63) is 48.0 Å². The summed E-state index contributed by atoms with van der Waals surface area (Å²) < 4.78 is 6.27. The van der Waals surface area contributed by atoms with E-state index in [1.807, 2.05) is 48.7 Å². The van der Waals surface area contributed by atoms with E-state index in [9.17, 15) is 4.79 Å². The Kier molecular flexibility index (Phi) is 4.31. The fourth-order valence-corrected chi connectivity index (χ4v) is 3.61. The van der Waals surface area contributed by atoms with Gasteiger partial charge in [-0.15, -0.1) is 11.8 Å². The molecule has 2 aromatic carbocycles. The molecule has 6 heteroatoms. The van der Waals surface area contributed by atoms with Gasteiger partial charge in [0.25, 0.3) is 5.91 Å². The van der Waals surface area contributed by atoms with Crippen LogP contribution in [0.25, 0.3) is 10.2 Å². The number of nitrogens with one attached hydrogen (secondary N) is 1. The molecule has 0 spiro atoms. The minimum absolute atomic E-state index is 0.150. The van der Waals surface area contributed by atoms with Crippen molar-refractivity contribution in [3.63, 3.8) is 0 Å². The van der Waals surface area contributed by atoms with E-state index in [0.717, 1.165) is 15.1 Å². The molecular formula is C16H14N2O2S2. The molecule has 0 aliphatic heterocycles. The summed E-state index contributed by atoms with van der Waals surface area (Å²) in [7, 11) is 1.61. The van der Waals surface area contributed by atoms with Crippen molar-refractivity contribution < 1.29 is 9.53 Å². The van der Waals surface area contributed by atoms with Crippen LogP contribution in [-0.4, -0.2) is 24.3 Å². The van der Waals surface area contributed by atoms with E-state index < -0.39 is 0 Å². The Morgan fingerprint density at radius 1 is 1.23 bits per heavy atom. The van der Waals surface area contributed by atoms with Crippen molar-refractivity contribution in [2.45, 2.75) is 4.90 Å². The zero-order valence-corrected chi connectivity index (χ0v) is 13.8. The molecule has 0 aliphatic carbocycles. The van der Waals surface area contributed by atoms with Gasteiger partial charge in [-0.1, -0.05) is 29.5 Å². The van der Waals surface area contributed by atoms with Crippen molar-refractivity contribution in [1.82, 2.24) is 4.98 Å². The van der Waals surface area contributed by atoms with Crippen LogP contribution in [0, 0.1) is 0 Å². The summed E-state index contributed by atoms with van der Waals surface area (Å²) >= 11 is 2.98. The van der Waals surface area contributed by atoms with Crippen LogP contribution in [0.2, 0.25) is 0 Å². The summed E-state index contributed by atoms with van der Waals surface area (Å²) in [5, 5.41) is 3.44. The molecule has 3 aromatic rings. The standard InChI is InChI=1S/C16H14N2O2S2/c1-20-11-7-5-9-13-14(11)17-16(22-13)18-15(19)10-6-3-4-8-12(10)21-2/h3-9H,1-2H3,(H,17,18,19). The first kappa shape index (κ1) is 14.9. The lowest BCUT2D eigenvalue weighted by molar-refractivity contribution is 0.102. The van der Waals surface area contributed by atoms with Crippen molar-refractivity contribution in [2.24, 2.45) is 0 Å². The molecule has 3 rings (SSSR count). The number of fused-ring (bicyclic) bond motifs is 1. The van der Waals surface area contributed by atoms with Gasteiger partial charge in [0.1, 0.15) is 11.3 Å². The zero-order valence-electron chi connectivity index (χ0n) is 12.1. The largest absolute Gasteiger partial charge is 0.494 e. The second-order valence-corrected chi connectivity index (χ2v) is 6.36. The number of amides is 1. The number of benzene rings is 2. The van der Waals surface area contributed by atoms with Crippen LogP contribution in [-0.2, 0) is 0 Å². The van der Waals surface area contributed by atoms with Crippen LogP contribution in [0.1, 0.15) is 10.4 Å². The summed E-state index contributed by atoms with van der Waals surface area (Å²) in [6.45, 7) is 0. The average Bonchev–Trinajstić information content (AvgIpc) is 2.96. The number of thiazole rings is 1. The Labute approximate surface area is 136 Å². The topological polar surface area (TPSA) is 51.2 Å². The summed E-state index contributed by atoms with van der Waals surface area (Å²) in [4.78, 5) is 17.8. The number of aromatic nitrogens is 1. The SMILES string of the molecule is COc1cccc2sc(NC(=O)c3ccccc3SC)nc12. The number of nitrogens with zero attached hydrogens (tertiary/aromatic N) is 1. The van der Waals surface area contributed by atoms with Gasteiger partial charge in [0, 0.05) is 4.90 Å². The van der Waals surface area contributed by atoms with Crippen LogP contribution >= 0.6 is 23.1 Å². The predicted molar refractivity (Wildman–Crippen MR) is 92.3 cm³/mol. The second-order valence-electron chi connectivity index (χ2n) is 4.48. The predicted octanol–water partition coefficient (Wildman–Crippen LogP) is 4.28. The number of anilines is 1. The van der Waals surface area contributed by atoms with Gasteiger partial charge in [-0.25, -0.2) is 4.98 Å². The molecular weight excluding hydrogens is 316 g/mol. The summed E-state index contributed by atoms with van der Waals surface area (Å²) in [6.07, 6.45) is 1.95. The molecule has 0 saturated heterocycles. The van der Waals surface area contributed by atoms with Gasteiger partial charge in [-0.2, -0.15) is 0 Å². The van der Waals surface area contributed by atoms with E-state index in [1.165, 1.54) is 11.3 Å². The maximum atomic E-state index is 12.4. The van der Waals surface area contributed by atoms with Crippen LogP contribution in [0.5, 0.6) is 5.75 Å². The summed E-state index contributed by atoms with van der Waals surface area (Å²) in [5.41, 5.74) is 1.42. The highest BCUT2D eigenvalue weighted by Gasteiger charge is 2.14. The monoisotopic (exact) mass is 330 g/mol. The molecule has 1 N–H and O–H groups in total. The lowest BCUT2D eigenvalue weighted by atomic mass is 10.2. The molecule has 0 saturated carbocycles. The molecule has 22 heavy (non-hydrogen) atoms. The molecule has 0 aliphatic rings. The van der Waals surface area contributed by atoms with Crippen molar-refractivity contribution >= 4 is 44.4 Å². The third-order valence-corrected chi connectivity index (χ3v) is 4.91. The van der Waals surface area contributed by atoms with Gasteiger partial charge >= 0.3 is 0 Å². The molecule has 0 unspecified atom stereocenters. The van der Waals surface area contributed by atoms with Crippen LogP contribution < -0.4 is 10.1 Å². The smallest absolute Gasteiger partial charge is 0.258 e. The minimum atomic E-state index is -0.150. The van der Waals surface area contributed by atoms with Gasteiger partial charge in [-0.05, 0) is 30.5 Å². The quantitative estimate of drug-likeness (QED) is 0.726. The number of rotatable bonds is 4. The highest BCUT2D eigenvalue weighted by atomic mass is 32.2. The van der Waals surface area contributed by atoms with Gasteiger partial charge < -0.3 is 4.74 Å². The number of thioether (sulfide) groups is 1. The number of ether oxygens (including phenoxy) is 1. The second kappa shape index (κ2) is 6.37. The number of methoxy groups -OCH3 is 1. The average molecular weight is 330 g/mol. The van der Waals surface area contributed by atoms with E-state index in [0.29, 0.717) is 16.4 Å². The van der Waals surface area contributed by atoms with Gasteiger partial charge in [0.2, 0.25) is 0 Å². The molecule has 112 valence electrons. The number of carbonyl (C=O) groups is 1. The minimum Gasteiger partial charge on any atom is -0.494 e. The highest BCUT2D eigenvalue weighted by molar-refractivity contribution is 7.98. The number of hydrogen-bond acceptors (Lipinski definition) is 5. The Morgan fingerprint density at radius 3 is 2.82 bits per heavy atom. The maximum absolute atomic E-state index is 12.4. The first-order chi connectivity index (χ1) is 10.7. The fraction of sp³-hybridized carbons (Fsp3) is 0.125. The van der Waals surface area contributed by atoms with E-state index in [4.69, 9.17) is 4.74 Å². The van der Waals surface area contributed by atoms with E-state index in [2.05, 4.69) is 10.3 Å². The van der Waals surface area contributed by atoms with Gasteiger partial charge in [0.05, 0.1) is 17.4 Å². The van der Waals surface area contributed by atoms with E-state index in [-0.39, 0.29) is 5.91 Å². The molecule has 1 amide bonds. The van der Waals surface area contributed by atoms with E-state index in [1.54, 1.807) is 18.9 Å². The summed E-state index contributed by atoms with van der Waals surface area (Å²) in [5.74, 6) is 0.557. The Balaban J connectivity index is 1.91.